The first kappa shape index (κ1) is 24.6. The summed E-state index contributed by atoms with van der Waals surface area (Å²) in [7, 11) is -8.06. The van der Waals surface area contributed by atoms with Crippen LogP contribution in [0.25, 0.3) is 10.8 Å². The van der Waals surface area contributed by atoms with Crippen molar-refractivity contribution in [3.05, 3.63) is 66.7 Å². The Balaban J connectivity index is 1.53. The fraction of sp³-hybridized carbons (Fsp3) is 0.280. The Morgan fingerprint density at radius 1 is 0.806 bits per heavy atom. The summed E-state index contributed by atoms with van der Waals surface area (Å²) in [6, 6.07) is 15.7. The van der Waals surface area contributed by atoms with Crippen LogP contribution in [0.3, 0.4) is 0 Å². The van der Waals surface area contributed by atoms with E-state index in [1.165, 1.54) is 34.6 Å². The van der Waals surface area contributed by atoms with Gasteiger partial charge in [-0.2, -0.15) is 4.31 Å². The molecule has 2 fully saturated rings. The van der Waals surface area contributed by atoms with E-state index in [9.17, 15) is 26.4 Å². The molecule has 3 aromatic rings. The zero-order chi connectivity index (χ0) is 25.7. The van der Waals surface area contributed by atoms with Gasteiger partial charge < -0.3 is 0 Å². The summed E-state index contributed by atoms with van der Waals surface area (Å²) in [4.78, 5) is 27.4. The summed E-state index contributed by atoms with van der Waals surface area (Å²) in [5.74, 6) is -1.20. The lowest BCUT2D eigenvalue weighted by Gasteiger charge is -2.32. The van der Waals surface area contributed by atoms with E-state index in [1.807, 2.05) is 24.3 Å². The maximum atomic E-state index is 14.0. The smallest absolute Gasteiger partial charge is 0.252 e. The zero-order valence-electron chi connectivity index (χ0n) is 19.3. The van der Waals surface area contributed by atoms with Crippen molar-refractivity contribution in [3.8, 4) is 0 Å². The number of primary sulfonamides is 1. The molecule has 5 rings (SSSR count). The Kier molecular flexibility index (Phi) is 6.19. The Hall–Kier alpha value is -3.12. The van der Waals surface area contributed by atoms with Gasteiger partial charge >= 0.3 is 0 Å². The van der Waals surface area contributed by atoms with Gasteiger partial charge in [0.2, 0.25) is 26.0 Å². The van der Waals surface area contributed by atoms with Crippen LogP contribution in [0, 0.1) is 0 Å². The van der Waals surface area contributed by atoms with Gasteiger partial charge in [0.15, 0.2) is 0 Å². The molecule has 1 atom stereocenters. The molecule has 11 heteroatoms. The number of sulfonamides is 2. The molecule has 1 unspecified atom stereocenters. The summed E-state index contributed by atoms with van der Waals surface area (Å²) in [6.45, 7) is 0. The molecule has 36 heavy (non-hydrogen) atoms. The molecule has 2 aliphatic rings. The number of anilines is 1. The number of nitrogens with zero attached hydrogens (tertiary/aromatic N) is 2. The van der Waals surface area contributed by atoms with E-state index in [-0.39, 0.29) is 21.9 Å². The van der Waals surface area contributed by atoms with E-state index < -0.39 is 43.9 Å². The molecule has 1 saturated heterocycles. The molecular formula is C25H25N3O6S2. The molecule has 2 amide bonds. The van der Waals surface area contributed by atoms with Crippen molar-refractivity contribution >= 4 is 48.3 Å². The van der Waals surface area contributed by atoms with Crippen molar-refractivity contribution in [2.45, 2.75) is 54.0 Å². The lowest BCUT2D eigenvalue weighted by molar-refractivity contribution is -0.122. The lowest BCUT2D eigenvalue weighted by atomic mass is 10.1. The normalized spacial score (nSPS) is 19.6. The van der Waals surface area contributed by atoms with E-state index in [2.05, 4.69) is 0 Å². The minimum atomic E-state index is -4.11. The van der Waals surface area contributed by atoms with Crippen LogP contribution in [0.5, 0.6) is 0 Å². The van der Waals surface area contributed by atoms with Crippen LogP contribution >= 0.6 is 0 Å². The monoisotopic (exact) mass is 527 g/mol. The summed E-state index contributed by atoms with van der Waals surface area (Å²) in [6.07, 6.45) is 2.59. The number of hydrogen-bond acceptors (Lipinski definition) is 6. The first-order valence-electron chi connectivity index (χ1n) is 11.6. The Labute approximate surface area is 209 Å². The highest BCUT2D eigenvalue weighted by Gasteiger charge is 2.49. The first-order chi connectivity index (χ1) is 17.1. The van der Waals surface area contributed by atoms with E-state index >= 15 is 0 Å². The predicted molar refractivity (Wildman–Crippen MR) is 134 cm³/mol. The molecule has 1 aliphatic carbocycles. The Morgan fingerprint density at radius 3 is 2.06 bits per heavy atom. The Morgan fingerprint density at radius 2 is 1.42 bits per heavy atom. The maximum Gasteiger partial charge on any atom is 0.252 e. The fourth-order valence-corrected chi connectivity index (χ4v) is 7.48. The summed E-state index contributed by atoms with van der Waals surface area (Å²) >= 11 is 0. The number of nitrogens with two attached hydrogens (primary N) is 1. The molecule has 1 heterocycles. The molecule has 0 aromatic heterocycles. The molecule has 2 N–H and O–H groups in total. The fourth-order valence-electron chi connectivity index (χ4n) is 5.10. The largest absolute Gasteiger partial charge is 0.274 e. The first-order valence-corrected chi connectivity index (χ1v) is 14.6. The zero-order valence-corrected chi connectivity index (χ0v) is 20.9. The summed E-state index contributed by atoms with van der Waals surface area (Å²) in [5.41, 5.74) is 0.161. The average molecular weight is 528 g/mol. The van der Waals surface area contributed by atoms with Gasteiger partial charge in [0.1, 0.15) is 6.04 Å². The number of imide groups is 1. The van der Waals surface area contributed by atoms with Crippen LogP contribution in [0.15, 0.2) is 76.5 Å². The quantitative estimate of drug-likeness (QED) is 0.490. The predicted octanol–water partition coefficient (Wildman–Crippen LogP) is 2.75. The number of fused-ring (bicyclic) bond motifs is 1. The Bertz CT molecular complexity index is 1560. The minimum Gasteiger partial charge on any atom is -0.274 e. The van der Waals surface area contributed by atoms with E-state index in [4.69, 9.17) is 5.14 Å². The summed E-state index contributed by atoms with van der Waals surface area (Å²) < 4.78 is 52.3. The van der Waals surface area contributed by atoms with Crippen LogP contribution in [0.1, 0.15) is 32.1 Å². The van der Waals surface area contributed by atoms with Crippen LogP contribution in [-0.4, -0.2) is 45.0 Å². The number of carbonyl (C=O) groups excluding carboxylic acids is 2. The molecular weight excluding hydrogens is 502 g/mol. The molecule has 0 spiro atoms. The van der Waals surface area contributed by atoms with Gasteiger partial charge in [-0.15, -0.1) is 0 Å². The lowest BCUT2D eigenvalue weighted by Crippen LogP contribution is -2.49. The molecule has 1 saturated carbocycles. The molecule has 0 bridgehead atoms. The third-order valence-electron chi connectivity index (χ3n) is 6.83. The van der Waals surface area contributed by atoms with Crippen molar-refractivity contribution < 1.29 is 26.4 Å². The van der Waals surface area contributed by atoms with E-state index in [0.717, 1.165) is 28.5 Å². The van der Waals surface area contributed by atoms with Gasteiger partial charge in [-0.1, -0.05) is 43.2 Å². The van der Waals surface area contributed by atoms with Gasteiger partial charge in [0.05, 0.1) is 21.9 Å². The van der Waals surface area contributed by atoms with Gasteiger partial charge in [0.25, 0.3) is 5.91 Å². The van der Waals surface area contributed by atoms with Gasteiger partial charge in [-0.25, -0.2) is 26.9 Å². The van der Waals surface area contributed by atoms with Crippen molar-refractivity contribution in [3.63, 3.8) is 0 Å². The number of hydrogen-bond donors (Lipinski definition) is 1. The second-order valence-corrected chi connectivity index (χ2v) is 12.5. The van der Waals surface area contributed by atoms with Crippen LogP contribution in [0.2, 0.25) is 0 Å². The topological polar surface area (TPSA) is 135 Å². The van der Waals surface area contributed by atoms with Gasteiger partial charge in [0, 0.05) is 6.04 Å². The highest BCUT2D eigenvalue weighted by molar-refractivity contribution is 7.89. The van der Waals surface area contributed by atoms with Crippen LogP contribution < -0.4 is 10.0 Å². The van der Waals surface area contributed by atoms with Crippen LogP contribution in [-0.2, 0) is 29.6 Å². The molecule has 0 radical (unpaired) electrons. The van der Waals surface area contributed by atoms with Crippen molar-refractivity contribution in [1.29, 1.82) is 0 Å². The third kappa shape index (κ3) is 4.32. The highest BCUT2D eigenvalue weighted by Crippen LogP contribution is 2.36. The molecule has 188 valence electrons. The SMILES string of the molecule is NS(=O)(=O)c1ccc(N2C(=O)CC(N(C3CCCC3)S(=O)(=O)c3ccc4ccccc4c3)C2=O)cc1. The minimum absolute atomic E-state index is 0.0734. The molecule has 3 aromatic carbocycles. The van der Waals surface area contributed by atoms with Crippen molar-refractivity contribution in [2.75, 3.05) is 4.90 Å². The van der Waals surface area contributed by atoms with Crippen LogP contribution in [0.4, 0.5) is 5.69 Å². The number of carbonyl (C=O) groups is 2. The van der Waals surface area contributed by atoms with E-state index in [0.29, 0.717) is 12.8 Å². The summed E-state index contributed by atoms with van der Waals surface area (Å²) in [5, 5.41) is 6.79. The van der Waals surface area contributed by atoms with Gasteiger partial charge in [-0.3, -0.25) is 9.59 Å². The van der Waals surface area contributed by atoms with E-state index in [1.54, 1.807) is 12.1 Å². The van der Waals surface area contributed by atoms with Gasteiger partial charge in [-0.05, 0) is 60.0 Å². The van der Waals surface area contributed by atoms with Crippen molar-refractivity contribution in [2.24, 2.45) is 5.14 Å². The second kappa shape index (κ2) is 9.07. The maximum absolute atomic E-state index is 14.0. The molecule has 9 nitrogen and oxygen atoms in total. The third-order valence-corrected chi connectivity index (χ3v) is 9.72. The average Bonchev–Trinajstić information content (AvgIpc) is 3.46. The number of benzene rings is 3. The van der Waals surface area contributed by atoms with Crippen molar-refractivity contribution in [1.82, 2.24) is 4.31 Å². The number of amides is 2. The second-order valence-electron chi connectivity index (χ2n) is 9.11. The number of rotatable bonds is 6. The standard InChI is InChI=1S/C25H25N3O6S2/c26-35(31,32)21-13-10-19(11-14-21)27-24(29)16-23(25(27)30)28(20-7-3-4-8-20)36(33,34)22-12-9-17-5-1-2-6-18(17)15-22/h1-2,5-6,9-15,20,23H,3-4,7-8,16H2,(H2,26,31,32). The highest BCUT2D eigenvalue weighted by atomic mass is 32.2. The molecule has 1 aliphatic heterocycles.